The van der Waals surface area contributed by atoms with Gasteiger partial charge in [0.15, 0.2) is 5.78 Å². The van der Waals surface area contributed by atoms with Crippen LogP contribution < -0.4 is 0 Å². The van der Waals surface area contributed by atoms with Crippen molar-refractivity contribution in [1.29, 1.82) is 0 Å². The minimum atomic E-state index is -0.269. The molecule has 0 unspecified atom stereocenters. The Morgan fingerprint density at radius 3 is 2.47 bits per heavy atom. The summed E-state index contributed by atoms with van der Waals surface area (Å²) in [4.78, 5) is 13.7. The second-order valence-electron chi connectivity index (χ2n) is 4.45. The molecule has 0 saturated carbocycles. The van der Waals surface area contributed by atoms with Crippen LogP contribution in [0.15, 0.2) is 30.3 Å². The van der Waals surface area contributed by atoms with Gasteiger partial charge in [-0.05, 0) is 37.9 Å². The maximum atomic E-state index is 12.7. The van der Waals surface area contributed by atoms with Gasteiger partial charge in [-0.2, -0.15) is 0 Å². The number of benzene rings is 1. The van der Waals surface area contributed by atoms with E-state index in [0.717, 1.165) is 12.1 Å². The first kappa shape index (κ1) is 13.6. The standard InChI is InChI=1S/C14H18FNO/c1-11(10-16(2)3)14(17)9-6-12-4-7-13(15)8-5-12/h4-9,11H,10H2,1-3H3/b9-6+/t11-/m0/s1. The van der Waals surface area contributed by atoms with Gasteiger partial charge in [-0.3, -0.25) is 4.79 Å². The summed E-state index contributed by atoms with van der Waals surface area (Å²) in [6, 6.07) is 6.06. The summed E-state index contributed by atoms with van der Waals surface area (Å²) < 4.78 is 12.7. The van der Waals surface area contributed by atoms with Crippen LogP contribution in [0.25, 0.3) is 6.08 Å². The minimum Gasteiger partial charge on any atom is -0.309 e. The molecule has 1 atom stereocenters. The summed E-state index contributed by atoms with van der Waals surface area (Å²) >= 11 is 0. The number of ketones is 1. The van der Waals surface area contributed by atoms with E-state index >= 15 is 0 Å². The zero-order valence-corrected chi connectivity index (χ0v) is 10.5. The molecular weight excluding hydrogens is 217 g/mol. The van der Waals surface area contributed by atoms with E-state index in [1.54, 1.807) is 24.3 Å². The van der Waals surface area contributed by atoms with Gasteiger partial charge < -0.3 is 4.90 Å². The molecule has 0 saturated heterocycles. The van der Waals surface area contributed by atoms with E-state index in [0.29, 0.717) is 0 Å². The summed E-state index contributed by atoms with van der Waals surface area (Å²) in [6.07, 6.45) is 3.27. The lowest BCUT2D eigenvalue weighted by Gasteiger charge is -2.13. The van der Waals surface area contributed by atoms with Gasteiger partial charge in [-0.25, -0.2) is 4.39 Å². The van der Waals surface area contributed by atoms with Crippen LogP contribution in [0, 0.1) is 11.7 Å². The molecule has 0 spiro atoms. The Balaban J connectivity index is 2.58. The third-order valence-corrected chi connectivity index (χ3v) is 2.43. The SMILES string of the molecule is C[C@@H](CN(C)C)C(=O)/C=C/c1ccc(F)cc1. The number of hydrogen-bond donors (Lipinski definition) is 0. The van der Waals surface area contributed by atoms with Crippen molar-refractivity contribution < 1.29 is 9.18 Å². The minimum absolute atomic E-state index is 0.0262. The molecule has 0 aliphatic rings. The van der Waals surface area contributed by atoms with Crippen molar-refractivity contribution in [3.63, 3.8) is 0 Å². The van der Waals surface area contributed by atoms with Gasteiger partial charge in [0.25, 0.3) is 0 Å². The molecule has 0 bridgehead atoms. The fourth-order valence-corrected chi connectivity index (χ4v) is 1.55. The summed E-state index contributed by atoms with van der Waals surface area (Å²) in [5.41, 5.74) is 0.830. The highest BCUT2D eigenvalue weighted by Crippen LogP contribution is 2.06. The lowest BCUT2D eigenvalue weighted by Crippen LogP contribution is -2.24. The molecule has 1 aromatic rings. The van der Waals surface area contributed by atoms with E-state index in [4.69, 9.17) is 0 Å². The molecule has 0 aliphatic heterocycles. The molecule has 0 aliphatic carbocycles. The highest BCUT2D eigenvalue weighted by molar-refractivity contribution is 5.95. The number of rotatable bonds is 5. The summed E-state index contributed by atoms with van der Waals surface area (Å²) in [6.45, 7) is 2.63. The molecule has 92 valence electrons. The highest BCUT2D eigenvalue weighted by Gasteiger charge is 2.10. The van der Waals surface area contributed by atoms with Crippen molar-refractivity contribution in [3.05, 3.63) is 41.7 Å². The van der Waals surface area contributed by atoms with Crippen LogP contribution in [0.4, 0.5) is 4.39 Å². The quantitative estimate of drug-likeness (QED) is 0.731. The Kier molecular flexibility index (Phi) is 5.04. The van der Waals surface area contributed by atoms with E-state index in [9.17, 15) is 9.18 Å². The van der Waals surface area contributed by atoms with Crippen LogP contribution in [0.1, 0.15) is 12.5 Å². The fraction of sp³-hybridized carbons (Fsp3) is 0.357. The Morgan fingerprint density at radius 2 is 1.94 bits per heavy atom. The van der Waals surface area contributed by atoms with Crippen molar-refractivity contribution >= 4 is 11.9 Å². The maximum Gasteiger partial charge on any atom is 0.159 e. The molecule has 0 fully saturated rings. The van der Waals surface area contributed by atoms with Gasteiger partial charge in [0, 0.05) is 12.5 Å². The molecule has 3 heteroatoms. The molecule has 0 amide bonds. The molecule has 1 rings (SSSR count). The van der Waals surface area contributed by atoms with Gasteiger partial charge in [0.05, 0.1) is 0 Å². The third kappa shape index (κ3) is 4.91. The van der Waals surface area contributed by atoms with Crippen LogP contribution in [-0.2, 0) is 4.79 Å². The number of halogens is 1. The predicted octanol–water partition coefficient (Wildman–Crippen LogP) is 2.61. The Bertz CT molecular complexity index is 395. The molecule has 0 N–H and O–H groups in total. The van der Waals surface area contributed by atoms with Crippen molar-refractivity contribution in [3.8, 4) is 0 Å². The van der Waals surface area contributed by atoms with Crippen LogP contribution in [0.5, 0.6) is 0 Å². The Labute approximate surface area is 102 Å². The van der Waals surface area contributed by atoms with Crippen LogP contribution in [-0.4, -0.2) is 31.3 Å². The van der Waals surface area contributed by atoms with Gasteiger partial charge in [0.2, 0.25) is 0 Å². The second kappa shape index (κ2) is 6.30. The highest BCUT2D eigenvalue weighted by atomic mass is 19.1. The molecule has 17 heavy (non-hydrogen) atoms. The molecule has 1 aromatic carbocycles. The molecule has 2 nitrogen and oxygen atoms in total. The Morgan fingerprint density at radius 1 is 1.35 bits per heavy atom. The van der Waals surface area contributed by atoms with Crippen molar-refractivity contribution in [2.24, 2.45) is 5.92 Å². The Hall–Kier alpha value is -1.48. The van der Waals surface area contributed by atoms with Gasteiger partial charge in [-0.15, -0.1) is 0 Å². The van der Waals surface area contributed by atoms with Crippen LogP contribution >= 0.6 is 0 Å². The third-order valence-electron chi connectivity index (χ3n) is 2.43. The van der Waals surface area contributed by atoms with Crippen LogP contribution in [0.2, 0.25) is 0 Å². The topological polar surface area (TPSA) is 20.3 Å². The molecular formula is C14H18FNO. The zero-order chi connectivity index (χ0) is 12.8. The molecule has 0 aromatic heterocycles. The van der Waals surface area contributed by atoms with Gasteiger partial charge in [-0.1, -0.05) is 25.1 Å². The zero-order valence-electron chi connectivity index (χ0n) is 10.5. The van der Waals surface area contributed by atoms with Crippen molar-refractivity contribution in [1.82, 2.24) is 4.90 Å². The van der Waals surface area contributed by atoms with Crippen molar-refractivity contribution in [2.45, 2.75) is 6.92 Å². The van der Waals surface area contributed by atoms with E-state index in [2.05, 4.69) is 0 Å². The monoisotopic (exact) mass is 235 g/mol. The summed E-state index contributed by atoms with van der Waals surface area (Å²) in [5.74, 6) is -0.209. The largest absolute Gasteiger partial charge is 0.309 e. The van der Waals surface area contributed by atoms with E-state index in [1.165, 1.54) is 12.1 Å². The normalized spacial score (nSPS) is 13.2. The van der Waals surface area contributed by atoms with E-state index in [-0.39, 0.29) is 17.5 Å². The maximum absolute atomic E-state index is 12.7. The first-order valence-electron chi connectivity index (χ1n) is 5.61. The van der Waals surface area contributed by atoms with Gasteiger partial charge in [0.1, 0.15) is 5.82 Å². The molecule has 0 radical (unpaired) electrons. The average molecular weight is 235 g/mol. The van der Waals surface area contributed by atoms with Crippen LogP contribution in [0.3, 0.4) is 0 Å². The second-order valence-corrected chi connectivity index (χ2v) is 4.45. The van der Waals surface area contributed by atoms with Crippen molar-refractivity contribution in [2.75, 3.05) is 20.6 Å². The number of nitrogens with zero attached hydrogens (tertiary/aromatic N) is 1. The summed E-state index contributed by atoms with van der Waals surface area (Å²) in [7, 11) is 3.88. The lowest BCUT2D eigenvalue weighted by molar-refractivity contribution is -0.118. The fourth-order valence-electron chi connectivity index (χ4n) is 1.55. The summed E-state index contributed by atoms with van der Waals surface area (Å²) in [5, 5.41) is 0. The predicted molar refractivity (Wildman–Crippen MR) is 68.2 cm³/mol. The average Bonchev–Trinajstić information content (AvgIpc) is 2.27. The smallest absolute Gasteiger partial charge is 0.159 e. The lowest BCUT2D eigenvalue weighted by atomic mass is 10.0. The first-order chi connectivity index (χ1) is 7.99. The number of carbonyl (C=O) groups excluding carboxylic acids is 1. The first-order valence-corrected chi connectivity index (χ1v) is 5.61. The van der Waals surface area contributed by atoms with E-state index < -0.39 is 0 Å². The molecule has 0 heterocycles. The van der Waals surface area contributed by atoms with Gasteiger partial charge >= 0.3 is 0 Å². The van der Waals surface area contributed by atoms with E-state index in [1.807, 2.05) is 25.9 Å². The number of carbonyl (C=O) groups is 1. The number of hydrogen-bond acceptors (Lipinski definition) is 2. The number of allylic oxidation sites excluding steroid dienone is 1.